The molecule has 0 unspecified atom stereocenters. The van der Waals surface area contributed by atoms with E-state index < -0.39 is 0 Å². The van der Waals surface area contributed by atoms with E-state index in [1.807, 2.05) is 6.07 Å². The third kappa shape index (κ3) is 4.26. The average molecular weight is 340 g/mol. The van der Waals surface area contributed by atoms with Crippen molar-refractivity contribution in [2.45, 2.75) is 19.4 Å². The van der Waals surface area contributed by atoms with Gasteiger partial charge in [-0.2, -0.15) is 0 Å². The lowest BCUT2D eigenvalue weighted by atomic mass is 10.0. The Labute approximate surface area is 151 Å². The van der Waals surface area contributed by atoms with Crippen LogP contribution in [-0.4, -0.2) is 51.3 Å². The van der Waals surface area contributed by atoms with E-state index in [1.165, 1.54) is 11.3 Å². The number of nitrogens with zero attached hydrogens (tertiary/aromatic N) is 2. The summed E-state index contributed by atoms with van der Waals surface area (Å²) in [5.41, 5.74) is 2.62. The predicted molar refractivity (Wildman–Crippen MR) is 103 cm³/mol. The normalized spacial score (nSPS) is 16.5. The number of hydrogen-bond donors (Lipinski definition) is 0. The van der Waals surface area contributed by atoms with Crippen molar-refractivity contribution < 1.29 is 9.47 Å². The first-order valence-corrected chi connectivity index (χ1v) is 8.96. The van der Waals surface area contributed by atoms with Gasteiger partial charge in [-0.3, -0.25) is 4.90 Å². The van der Waals surface area contributed by atoms with Crippen LogP contribution >= 0.6 is 0 Å². The number of benzene rings is 2. The van der Waals surface area contributed by atoms with Crippen LogP contribution in [0.15, 0.2) is 48.5 Å². The van der Waals surface area contributed by atoms with E-state index in [9.17, 15) is 0 Å². The molecule has 0 radical (unpaired) electrons. The molecule has 0 N–H and O–H groups in total. The minimum Gasteiger partial charge on any atom is -0.493 e. The Hall–Kier alpha value is -2.20. The van der Waals surface area contributed by atoms with E-state index in [0.29, 0.717) is 6.04 Å². The fourth-order valence-corrected chi connectivity index (χ4v) is 3.54. The number of hydrogen-bond acceptors (Lipinski definition) is 4. The molecule has 0 spiro atoms. The highest BCUT2D eigenvalue weighted by molar-refractivity contribution is 5.46. The molecule has 1 heterocycles. The van der Waals surface area contributed by atoms with Crippen LogP contribution < -0.4 is 14.4 Å². The first-order valence-electron chi connectivity index (χ1n) is 8.96. The molecule has 2 aromatic carbocycles. The van der Waals surface area contributed by atoms with Gasteiger partial charge in [-0.05, 0) is 43.2 Å². The Morgan fingerprint density at radius 2 is 1.56 bits per heavy atom. The molecule has 4 nitrogen and oxygen atoms in total. The molecular formula is C21H28N2O2. The Kier molecular flexibility index (Phi) is 5.82. The number of piperazine rings is 1. The molecule has 0 aliphatic carbocycles. The quantitative estimate of drug-likeness (QED) is 0.804. The second-order valence-corrected chi connectivity index (χ2v) is 6.60. The zero-order valence-electron chi connectivity index (χ0n) is 15.4. The molecule has 0 amide bonds. The first-order chi connectivity index (χ1) is 12.2. The molecule has 0 saturated carbocycles. The average Bonchev–Trinajstić information content (AvgIpc) is 2.68. The summed E-state index contributed by atoms with van der Waals surface area (Å²) in [7, 11) is 3.36. The molecule has 4 heteroatoms. The Morgan fingerprint density at radius 3 is 2.20 bits per heavy atom. The molecular weight excluding hydrogens is 312 g/mol. The van der Waals surface area contributed by atoms with Gasteiger partial charge in [0.2, 0.25) is 0 Å². The predicted octanol–water partition coefficient (Wildman–Crippen LogP) is 3.46. The molecule has 1 aliphatic heterocycles. The second-order valence-electron chi connectivity index (χ2n) is 6.60. The summed E-state index contributed by atoms with van der Waals surface area (Å²) in [5.74, 6) is 1.59. The van der Waals surface area contributed by atoms with E-state index in [1.54, 1.807) is 14.2 Å². The maximum absolute atomic E-state index is 5.42. The Morgan fingerprint density at radius 1 is 0.880 bits per heavy atom. The van der Waals surface area contributed by atoms with Crippen molar-refractivity contribution in [3.63, 3.8) is 0 Å². The molecule has 3 rings (SSSR count). The third-order valence-electron chi connectivity index (χ3n) is 5.04. The van der Waals surface area contributed by atoms with Crippen molar-refractivity contribution in [3.8, 4) is 11.5 Å². The molecule has 1 aliphatic rings. The van der Waals surface area contributed by atoms with Crippen LogP contribution in [0.5, 0.6) is 11.5 Å². The Balaban J connectivity index is 1.57. The maximum atomic E-state index is 5.42. The largest absolute Gasteiger partial charge is 0.493 e. The molecule has 25 heavy (non-hydrogen) atoms. The highest BCUT2D eigenvalue weighted by Gasteiger charge is 2.21. The monoisotopic (exact) mass is 340 g/mol. The lowest BCUT2D eigenvalue weighted by molar-refractivity contribution is 0.196. The summed E-state index contributed by atoms with van der Waals surface area (Å²) in [6, 6.07) is 17.4. The molecule has 1 fully saturated rings. The lowest BCUT2D eigenvalue weighted by Crippen LogP contribution is -2.50. The van der Waals surface area contributed by atoms with Gasteiger partial charge >= 0.3 is 0 Å². The number of rotatable bonds is 6. The van der Waals surface area contributed by atoms with Crippen LogP contribution in [0.25, 0.3) is 0 Å². The Bertz CT molecular complexity index is 667. The first kappa shape index (κ1) is 17.6. The molecule has 134 valence electrons. The van der Waals surface area contributed by atoms with Gasteiger partial charge in [-0.15, -0.1) is 0 Å². The highest BCUT2D eigenvalue weighted by atomic mass is 16.5. The molecule has 0 aromatic heterocycles. The van der Waals surface area contributed by atoms with Gasteiger partial charge in [0.1, 0.15) is 0 Å². The number of methoxy groups -OCH3 is 2. The van der Waals surface area contributed by atoms with Crippen molar-refractivity contribution in [1.82, 2.24) is 4.90 Å². The van der Waals surface area contributed by atoms with Gasteiger partial charge in [0.05, 0.1) is 14.2 Å². The minimum atomic E-state index is 0.510. The van der Waals surface area contributed by atoms with Gasteiger partial charge in [-0.1, -0.05) is 24.3 Å². The minimum absolute atomic E-state index is 0.510. The van der Waals surface area contributed by atoms with Crippen LogP contribution in [-0.2, 0) is 6.42 Å². The van der Waals surface area contributed by atoms with Gasteiger partial charge in [0.25, 0.3) is 0 Å². The molecule has 1 saturated heterocycles. The summed E-state index contributed by atoms with van der Waals surface area (Å²) in [6.45, 7) is 6.68. The summed E-state index contributed by atoms with van der Waals surface area (Å²) >= 11 is 0. The van der Waals surface area contributed by atoms with Crippen molar-refractivity contribution in [2.24, 2.45) is 0 Å². The highest BCUT2D eigenvalue weighted by Crippen LogP contribution is 2.28. The summed E-state index contributed by atoms with van der Waals surface area (Å²) in [4.78, 5) is 5.05. The summed E-state index contributed by atoms with van der Waals surface area (Å²) < 4.78 is 10.7. The van der Waals surface area contributed by atoms with Gasteiger partial charge in [-0.25, -0.2) is 0 Å². The fraction of sp³-hybridized carbons (Fsp3) is 0.429. The SMILES string of the molecule is COc1ccc(C[C@@H](C)N2CCN(c3ccccc3)CC2)cc1OC. The maximum Gasteiger partial charge on any atom is 0.160 e. The van der Waals surface area contributed by atoms with E-state index >= 15 is 0 Å². The van der Waals surface area contributed by atoms with E-state index in [2.05, 4.69) is 59.2 Å². The summed E-state index contributed by atoms with van der Waals surface area (Å²) in [5, 5.41) is 0. The van der Waals surface area contributed by atoms with Crippen LogP contribution in [0, 0.1) is 0 Å². The van der Waals surface area contributed by atoms with Gasteiger partial charge < -0.3 is 14.4 Å². The molecule has 0 bridgehead atoms. The van der Waals surface area contributed by atoms with Crippen LogP contribution in [0.2, 0.25) is 0 Å². The zero-order chi connectivity index (χ0) is 17.6. The fourth-order valence-electron chi connectivity index (χ4n) is 3.54. The van der Waals surface area contributed by atoms with Crippen LogP contribution in [0.3, 0.4) is 0 Å². The van der Waals surface area contributed by atoms with Crippen molar-refractivity contribution in [3.05, 3.63) is 54.1 Å². The van der Waals surface area contributed by atoms with Gasteiger partial charge in [0, 0.05) is 37.9 Å². The van der Waals surface area contributed by atoms with Crippen molar-refractivity contribution in [1.29, 1.82) is 0 Å². The zero-order valence-corrected chi connectivity index (χ0v) is 15.4. The van der Waals surface area contributed by atoms with Crippen molar-refractivity contribution >= 4 is 5.69 Å². The van der Waals surface area contributed by atoms with E-state index in [4.69, 9.17) is 9.47 Å². The van der Waals surface area contributed by atoms with E-state index in [-0.39, 0.29) is 0 Å². The topological polar surface area (TPSA) is 24.9 Å². The lowest BCUT2D eigenvalue weighted by Gasteiger charge is -2.39. The summed E-state index contributed by atoms with van der Waals surface area (Å²) in [6.07, 6.45) is 1.02. The standard InChI is InChI=1S/C21H28N2O2/c1-17(15-18-9-10-20(24-2)21(16-18)25-3)22-11-13-23(14-12-22)19-7-5-4-6-8-19/h4-10,16-17H,11-15H2,1-3H3/t17-/m1/s1. The smallest absolute Gasteiger partial charge is 0.160 e. The number of para-hydroxylation sites is 1. The number of anilines is 1. The van der Waals surface area contributed by atoms with Crippen molar-refractivity contribution in [2.75, 3.05) is 45.3 Å². The molecule has 1 atom stereocenters. The third-order valence-corrected chi connectivity index (χ3v) is 5.04. The second kappa shape index (κ2) is 8.26. The van der Waals surface area contributed by atoms with Crippen LogP contribution in [0.1, 0.15) is 12.5 Å². The molecule has 2 aromatic rings. The van der Waals surface area contributed by atoms with Gasteiger partial charge in [0.15, 0.2) is 11.5 Å². The van der Waals surface area contributed by atoms with E-state index in [0.717, 1.165) is 44.1 Å². The number of ether oxygens (including phenoxy) is 2. The van der Waals surface area contributed by atoms with Crippen LogP contribution in [0.4, 0.5) is 5.69 Å².